The van der Waals surface area contributed by atoms with E-state index in [0.717, 1.165) is 35.5 Å². The third kappa shape index (κ3) is 4.16. The lowest BCUT2D eigenvalue weighted by Crippen LogP contribution is -2.24. The highest BCUT2D eigenvalue weighted by Gasteiger charge is 2.16. The lowest BCUT2D eigenvalue weighted by atomic mass is 10.2. The number of hydrogen-bond acceptors (Lipinski definition) is 9. The molecular formula is C18H18N6O2S2. The molecule has 0 aliphatic carbocycles. The Hall–Kier alpha value is -2.48. The Kier molecular flexibility index (Phi) is 5.85. The summed E-state index contributed by atoms with van der Waals surface area (Å²) >= 11 is 2.91. The molecule has 0 bridgehead atoms. The highest BCUT2D eigenvalue weighted by atomic mass is 32.2. The smallest absolute Gasteiger partial charge is 0.262 e. The van der Waals surface area contributed by atoms with Gasteiger partial charge in [0.25, 0.3) is 5.56 Å². The van der Waals surface area contributed by atoms with Gasteiger partial charge in [0.2, 0.25) is 5.13 Å². The van der Waals surface area contributed by atoms with Gasteiger partial charge in [-0.25, -0.2) is 4.98 Å². The molecule has 10 heteroatoms. The molecule has 4 rings (SSSR count). The van der Waals surface area contributed by atoms with Crippen LogP contribution in [-0.2, 0) is 17.0 Å². The standard InChI is InChI=1S/C18H18N6O2S2/c19-7-8-24-15(21-14-6-2-1-5-13(14)16(24)25)11-27-18-23-22-17(28-18)20-10-12-4-3-9-26-12/h1-2,5-6,12H,3-4,8-11H2,(H,20,22)/t12-/m1/s1. The van der Waals surface area contributed by atoms with Crippen LogP contribution in [0.3, 0.4) is 0 Å². The number of anilines is 1. The van der Waals surface area contributed by atoms with Crippen LogP contribution in [0.1, 0.15) is 18.7 Å². The normalized spacial score (nSPS) is 16.3. The van der Waals surface area contributed by atoms with Crippen molar-refractivity contribution in [1.29, 1.82) is 5.26 Å². The van der Waals surface area contributed by atoms with Crippen LogP contribution in [0, 0.1) is 11.3 Å². The molecule has 1 atom stereocenters. The van der Waals surface area contributed by atoms with Gasteiger partial charge in [-0.2, -0.15) is 5.26 Å². The molecule has 0 amide bonds. The molecule has 3 aromatic rings. The quantitative estimate of drug-likeness (QED) is 0.588. The number of benzene rings is 1. The molecule has 1 aromatic carbocycles. The van der Waals surface area contributed by atoms with E-state index in [0.29, 0.717) is 22.5 Å². The molecule has 0 saturated carbocycles. The third-order valence-electron chi connectivity index (χ3n) is 4.41. The van der Waals surface area contributed by atoms with E-state index < -0.39 is 0 Å². The lowest BCUT2D eigenvalue weighted by Gasteiger charge is -2.09. The number of rotatable bonds is 7. The Balaban J connectivity index is 1.47. The summed E-state index contributed by atoms with van der Waals surface area (Å²) in [6, 6.07) is 9.21. The predicted molar refractivity (Wildman–Crippen MR) is 109 cm³/mol. The van der Waals surface area contributed by atoms with Gasteiger partial charge in [-0.15, -0.1) is 10.2 Å². The van der Waals surface area contributed by atoms with Gasteiger partial charge in [0.05, 0.1) is 28.8 Å². The Morgan fingerprint density at radius 2 is 2.29 bits per heavy atom. The summed E-state index contributed by atoms with van der Waals surface area (Å²) in [5.41, 5.74) is 0.437. The molecule has 28 heavy (non-hydrogen) atoms. The number of hydrogen-bond donors (Lipinski definition) is 1. The maximum atomic E-state index is 12.7. The van der Waals surface area contributed by atoms with Gasteiger partial charge in [-0.3, -0.25) is 9.36 Å². The minimum Gasteiger partial charge on any atom is -0.376 e. The summed E-state index contributed by atoms with van der Waals surface area (Å²) < 4.78 is 7.79. The Labute approximate surface area is 169 Å². The van der Waals surface area contributed by atoms with Crippen molar-refractivity contribution in [3.8, 4) is 6.07 Å². The van der Waals surface area contributed by atoms with Crippen molar-refractivity contribution >= 4 is 39.1 Å². The van der Waals surface area contributed by atoms with Crippen LogP contribution >= 0.6 is 23.1 Å². The van der Waals surface area contributed by atoms with Crippen LogP contribution in [0.4, 0.5) is 5.13 Å². The molecule has 1 fully saturated rings. The van der Waals surface area contributed by atoms with Gasteiger partial charge < -0.3 is 10.1 Å². The topological polar surface area (TPSA) is 106 Å². The summed E-state index contributed by atoms with van der Waals surface area (Å²) in [5, 5.41) is 22.0. The first-order valence-electron chi connectivity index (χ1n) is 8.92. The molecule has 2 aromatic heterocycles. The van der Waals surface area contributed by atoms with Gasteiger partial charge in [-0.05, 0) is 25.0 Å². The van der Waals surface area contributed by atoms with E-state index in [1.807, 2.05) is 12.1 Å². The van der Waals surface area contributed by atoms with Gasteiger partial charge in [-0.1, -0.05) is 35.2 Å². The molecule has 3 heterocycles. The van der Waals surface area contributed by atoms with Crippen LogP contribution in [-0.4, -0.2) is 39.0 Å². The SMILES string of the molecule is N#CCn1c(CSc2nnc(NC[C@H]3CCCO3)s2)nc2ccccc2c1=O. The van der Waals surface area contributed by atoms with Gasteiger partial charge in [0, 0.05) is 13.2 Å². The monoisotopic (exact) mass is 414 g/mol. The highest BCUT2D eigenvalue weighted by Crippen LogP contribution is 2.28. The van der Waals surface area contributed by atoms with E-state index in [2.05, 4.69) is 20.5 Å². The van der Waals surface area contributed by atoms with Crippen LogP contribution in [0.25, 0.3) is 10.9 Å². The maximum absolute atomic E-state index is 12.7. The highest BCUT2D eigenvalue weighted by molar-refractivity contribution is 8.00. The number of nitrogens with zero attached hydrogens (tertiary/aromatic N) is 5. The van der Waals surface area contributed by atoms with Gasteiger partial charge in [0.1, 0.15) is 12.4 Å². The first-order valence-corrected chi connectivity index (χ1v) is 10.7. The fourth-order valence-electron chi connectivity index (χ4n) is 3.03. The number of para-hydroxylation sites is 1. The van der Waals surface area contributed by atoms with E-state index in [4.69, 9.17) is 10.00 Å². The Morgan fingerprint density at radius 3 is 3.11 bits per heavy atom. The molecule has 144 valence electrons. The summed E-state index contributed by atoms with van der Waals surface area (Å²) in [6.45, 7) is 1.52. The van der Waals surface area contributed by atoms with Crippen molar-refractivity contribution in [2.24, 2.45) is 0 Å². The molecule has 0 unspecified atom stereocenters. The Bertz CT molecular complexity index is 1070. The van der Waals surface area contributed by atoms with Gasteiger partial charge in [0.15, 0.2) is 4.34 Å². The third-order valence-corrected chi connectivity index (χ3v) is 6.42. The summed E-state index contributed by atoms with van der Waals surface area (Å²) in [7, 11) is 0. The van der Waals surface area contributed by atoms with Crippen molar-refractivity contribution in [2.75, 3.05) is 18.5 Å². The fraction of sp³-hybridized carbons (Fsp3) is 0.389. The second-order valence-corrected chi connectivity index (χ2v) is 8.47. The predicted octanol–water partition coefficient (Wildman–Crippen LogP) is 2.65. The Morgan fingerprint density at radius 1 is 1.39 bits per heavy atom. The zero-order chi connectivity index (χ0) is 19.3. The minimum absolute atomic E-state index is 0.0309. The molecule has 0 spiro atoms. The zero-order valence-corrected chi connectivity index (χ0v) is 16.6. The molecular weight excluding hydrogens is 396 g/mol. The number of ether oxygens (including phenoxy) is 1. The number of aromatic nitrogens is 4. The van der Waals surface area contributed by atoms with Crippen LogP contribution in [0.2, 0.25) is 0 Å². The molecule has 1 aliphatic rings. The molecule has 1 N–H and O–H groups in total. The molecule has 8 nitrogen and oxygen atoms in total. The van der Waals surface area contributed by atoms with Crippen molar-refractivity contribution in [3.05, 3.63) is 40.4 Å². The van der Waals surface area contributed by atoms with Crippen molar-refractivity contribution in [1.82, 2.24) is 19.7 Å². The zero-order valence-electron chi connectivity index (χ0n) is 15.0. The van der Waals surface area contributed by atoms with Crippen molar-refractivity contribution < 1.29 is 4.74 Å². The van der Waals surface area contributed by atoms with E-state index in [1.165, 1.54) is 27.7 Å². The van der Waals surface area contributed by atoms with E-state index >= 15 is 0 Å². The average molecular weight is 415 g/mol. The van der Waals surface area contributed by atoms with E-state index in [9.17, 15) is 4.79 Å². The number of nitriles is 1. The van der Waals surface area contributed by atoms with Crippen molar-refractivity contribution in [3.63, 3.8) is 0 Å². The number of thioether (sulfide) groups is 1. The van der Waals surface area contributed by atoms with E-state index in [1.54, 1.807) is 18.2 Å². The van der Waals surface area contributed by atoms with Crippen molar-refractivity contribution in [2.45, 2.75) is 35.6 Å². The van der Waals surface area contributed by atoms with Crippen LogP contribution in [0.5, 0.6) is 0 Å². The lowest BCUT2D eigenvalue weighted by molar-refractivity contribution is 0.120. The second kappa shape index (κ2) is 8.68. The largest absolute Gasteiger partial charge is 0.376 e. The molecule has 1 aliphatic heterocycles. The van der Waals surface area contributed by atoms with Gasteiger partial charge >= 0.3 is 0 Å². The van der Waals surface area contributed by atoms with Crippen LogP contribution in [0.15, 0.2) is 33.4 Å². The second-order valence-electron chi connectivity index (χ2n) is 6.27. The fourth-order valence-corrected chi connectivity index (χ4v) is 4.74. The number of fused-ring (bicyclic) bond motifs is 1. The summed E-state index contributed by atoms with van der Waals surface area (Å²) in [6.07, 6.45) is 2.41. The van der Waals surface area contributed by atoms with Crippen LogP contribution < -0.4 is 10.9 Å². The first kappa shape index (κ1) is 18.9. The minimum atomic E-state index is -0.195. The maximum Gasteiger partial charge on any atom is 0.262 e. The summed E-state index contributed by atoms with van der Waals surface area (Å²) in [4.78, 5) is 17.3. The van der Waals surface area contributed by atoms with E-state index in [-0.39, 0.29) is 18.2 Å². The summed E-state index contributed by atoms with van der Waals surface area (Å²) in [5.74, 6) is 0.988. The molecule has 1 saturated heterocycles. The average Bonchev–Trinajstić information content (AvgIpc) is 3.39. The molecule has 0 radical (unpaired) electrons. The number of nitrogens with one attached hydrogen (secondary N) is 1. The first-order chi connectivity index (χ1) is 13.7.